The number of rotatable bonds is 2. The molecule has 0 aliphatic carbocycles. The Labute approximate surface area is 84.6 Å². The van der Waals surface area contributed by atoms with Gasteiger partial charge in [-0.3, -0.25) is 4.99 Å². The molecule has 0 saturated carbocycles. The number of methoxy groups -OCH3 is 1. The third kappa shape index (κ3) is 6.97. The van der Waals surface area contributed by atoms with E-state index in [0.29, 0.717) is 6.54 Å². The Morgan fingerprint density at radius 3 is 2.07 bits per heavy atom. The molecular formula is C10H17N3O. The van der Waals surface area contributed by atoms with Gasteiger partial charge in [0.25, 0.3) is 0 Å². The van der Waals surface area contributed by atoms with Crippen molar-refractivity contribution in [1.82, 2.24) is 0 Å². The maximum absolute atomic E-state index is 4.93. The number of nitrogens with two attached hydrogens (primary N) is 2. The van der Waals surface area contributed by atoms with Gasteiger partial charge < -0.3 is 16.2 Å². The summed E-state index contributed by atoms with van der Waals surface area (Å²) in [5, 5.41) is 0. The highest BCUT2D eigenvalue weighted by molar-refractivity contribution is 5.75. The van der Waals surface area contributed by atoms with E-state index in [1.807, 2.05) is 37.3 Å². The molecule has 4 heteroatoms. The summed E-state index contributed by atoms with van der Waals surface area (Å²) >= 11 is 0. The number of hydrogen-bond donors (Lipinski definition) is 2. The fourth-order valence-electron chi connectivity index (χ4n) is 0.739. The zero-order valence-corrected chi connectivity index (χ0v) is 8.60. The molecule has 0 amide bonds. The van der Waals surface area contributed by atoms with Crippen molar-refractivity contribution in [1.29, 1.82) is 0 Å². The fraction of sp³-hybridized carbons (Fsp3) is 0.300. The lowest BCUT2D eigenvalue weighted by Gasteiger charge is -1.93. The topological polar surface area (TPSA) is 73.6 Å². The van der Waals surface area contributed by atoms with Crippen molar-refractivity contribution in [3.05, 3.63) is 30.3 Å². The molecule has 0 heterocycles. The van der Waals surface area contributed by atoms with Crippen LogP contribution in [0.3, 0.4) is 0 Å². The summed E-state index contributed by atoms with van der Waals surface area (Å²) < 4.78 is 4.91. The van der Waals surface area contributed by atoms with Crippen LogP contribution in [0.25, 0.3) is 0 Å². The van der Waals surface area contributed by atoms with Crippen LogP contribution in [-0.2, 0) is 0 Å². The highest BCUT2D eigenvalue weighted by Gasteiger charge is 1.80. The van der Waals surface area contributed by atoms with E-state index in [4.69, 9.17) is 16.2 Å². The second kappa shape index (κ2) is 7.91. The average molecular weight is 195 g/mol. The molecule has 0 bridgehead atoms. The quantitative estimate of drug-likeness (QED) is 0.545. The minimum atomic E-state index is 0.164. The predicted molar refractivity (Wildman–Crippen MR) is 59.3 cm³/mol. The predicted octanol–water partition coefficient (Wildman–Crippen LogP) is 0.975. The van der Waals surface area contributed by atoms with Gasteiger partial charge >= 0.3 is 0 Å². The van der Waals surface area contributed by atoms with Crippen molar-refractivity contribution < 1.29 is 4.74 Å². The molecule has 0 fully saturated rings. The Balaban J connectivity index is 0.000000255. The van der Waals surface area contributed by atoms with Crippen molar-refractivity contribution in [2.45, 2.75) is 6.92 Å². The monoisotopic (exact) mass is 195 g/mol. The normalized spacial score (nSPS) is 8.14. The van der Waals surface area contributed by atoms with E-state index >= 15 is 0 Å². The number of aliphatic imine (C=N–C) groups is 1. The van der Waals surface area contributed by atoms with Crippen LogP contribution in [-0.4, -0.2) is 19.6 Å². The number of benzene rings is 1. The number of guanidine groups is 1. The summed E-state index contributed by atoms with van der Waals surface area (Å²) in [6.07, 6.45) is 0. The minimum absolute atomic E-state index is 0.164. The minimum Gasteiger partial charge on any atom is -0.497 e. The molecule has 78 valence electrons. The van der Waals surface area contributed by atoms with Gasteiger partial charge in [-0.05, 0) is 19.1 Å². The Morgan fingerprint density at radius 1 is 1.29 bits per heavy atom. The van der Waals surface area contributed by atoms with Crippen molar-refractivity contribution in [3.8, 4) is 5.75 Å². The molecule has 0 saturated heterocycles. The second-order valence-electron chi connectivity index (χ2n) is 2.42. The molecule has 0 radical (unpaired) electrons. The Bertz CT molecular complexity index is 255. The lowest BCUT2D eigenvalue weighted by Crippen LogP contribution is -2.22. The summed E-state index contributed by atoms with van der Waals surface area (Å²) in [5.74, 6) is 1.07. The molecule has 4 nitrogen and oxygen atoms in total. The number of para-hydroxylation sites is 1. The van der Waals surface area contributed by atoms with Gasteiger partial charge in [0, 0.05) is 6.54 Å². The van der Waals surface area contributed by atoms with Crippen molar-refractivity contribution in [3.63, 3.8) is 0 Å². The Kier molecular flexibility index (Phi) is 6.95. The summed E-state index contributed by atoms with van der Waals surface area (Å²) in [4.78, 5) is 3.60. The van der Waals surface area contributed by atoms with Gasteiger partial charge in [-0.1, -0.05) is 18.2 Å². The summed E-state index contributed by atoms with van der Waals surface area (Å²) in [5.41, 5.74) is 9.86. The van der Waals surface area contributed by atoms with Gasteiger partial charge in [-0.15, -0.1) is 0 Å². The van der Waals surface area contributed by atoms with Gasteiger partial charge in [0.15, 0.2) is 5.96 Å². The van der Waals surface area contributed by atoms with Crippen molar-refractivity contribution in [2.24, 2.45) is 16.5 Å². The standard InChI is InChI=1S/C7H8O.C3H9N3/c1-8-7-5-3-2-4-6-7;1-2-6-3(4)5/h2-6H,1H3;2H2,1H3,(H4,4,5,6). The number of nitrogens with zero attached hydrogens (tertiary/aromatic N) is 1. The van der Waals surface area contributed by atoms with Crippen LogP contribution in [0.15, 0.2) is 35.3 Å². The molecule has 14 heavy (non-hydrogen) atoms. The van der Waals surface area contributed by atoms with Crippen molar-refractivity contribution >= 4 is 5.96 Å². The van der Waals surface area contributed by atoms with E-state index in [1.54, 1.807) is 7.11 Å². The van der Waals surface area contributed by atoms with Crippen LogP contribution in [0, 0.1) is 0 Å². The van der Waals surface area contributed by atoms with Gasteiger partial charge in [0.1, 0.15) is 5.75 Å². The second-order valence-corrected chi connectivity index (χ2v) is 2.42. The molecule has 0 aliphatic heterocycles. The third-order valence-electron chi connectivity index (χ3n) is 1.32. The van der Waals surface area contributed by atoms with Gasteiger partial charge in [0.05, 0.1) is 7.11 Å². The van der Waals surface area contributed by atoms with Crippen LogP contribution in [0.1, 0.15) is 6.92 Å². The molecule has 0 aliphatic rings. The van der Waals surface area contributed by atoms with E-state index in [2.05, 4.69) is 4.99 Å². The maximum atomic E-state index is 4.93. The Hall–Kier alpha value is -1.71. The lowest BCUT2D eigenvalue weighted by atomic mass is 10.3. The van der Waals surface area contributed by atoms with Crippen LogP contribution < -0.4 is 16.2 Å². The van der Waals surface area contributed by atoms with Crippen LogP contribution in [0.4, 0.5) is 0 Å². The van der Waals surface area contributed by atoms with Crippen LogP contribution in [0.5, 0.6) is 5.75 Å². The van der Waals surface area contributed by atoms with E-state index in [9.17, 15) is 0 Å². The first-order valence-electron chi connectivity index (χ1n) is 4.35. The molecule has 4 N–H and O–H groups in total. The first-order chi connectivity index (χ1) is 6.70. The smallest absolute Gasteiger partial charge is 0.185 e. The van der Waals surface area contributed by atoms with Gasteiger partial charge in [-0.25, -0.2) is 0 Å². The van der Waals surface area contributed by atoms with Gasteiger partial charge in [0.2, 0.25) is 0 Å². The molecule has 0 unspecified atom stereocenters. The number of hydrogen-bond acceptors (Lipinski definition) is 2. The molecule has 1 rings (SSSR count). The molecule has 0 spiro atoms. The number of ether oxygens (including phenoxy) is 1. The summed E-state index contributed by atoms with van der Waals surface area (Å²) in [6, 6.07) is 9.68. The lowest BCUT2D eigenvalue weighted by molar-refractivity contribution is 0.415. The summed E-state index contributed by atoms with van der Waals surface area (Å²) in [6.45, 7) is 2.54. The largest absolute Gasteiger partial charge is 0.497 e. The molecule has 1 aromatic rings. The van der Waals surface area contributed by atoms with E-state index < -0.39 is 0 Å². The zero-order chi connectivity index (χ0) is 10.8. The highest BCUT2D eigenvalue weighted by atomic mass is 16.5. The van der Waals surface area contributed by atoms with E-state index in [0.717, 1.165) is 5.75 Å². The molecular weight excluding hydrogens is 178 g/mol. The van der Waals surface area contributed by atoms with Crippen LogP contribution >= 0.6 is 0 Å². The fourth-order valence-corrected chi connectivity index (χ4v) is 0.739. The van der Waals surface area contributed by atoms with Crippen molar-refractivity contribution in [2.75, 3.05) is 13.7 Å². The van der Waals surface area contributed by atoms with Gasteiger partial charge in [-0.2, -0.15) is 0 Å². The molecule has 1 aromatic carbocycles. The average Bonchev–Trinajstić information content (AvgIpc) is 2.20. The maximum Gasteiger partial charge on any atom is 0.185 e. The SMILES string of the molecule is CCN=C(N)N.COc1ccccc1. The Morgan fingerprint density at radius 2 is 1.86 bits per heavy atom. The molecule has 0 aromatic heterocycles. The first kappa shape index (κ1) is 12.3. The third-order valence-corrected chi connectivity index (χ3v) is 1.32. The summed E-state index contributed by atoms with van der Waals surface area (Å²) in [7, 11) is 1.66. The van der Waals surface area contributed by atoms with E-state index in [-0.39, 0.29) is 5.96 Å². The molecule has 0 atom stereocenters. The zero-order valence-electron chi connectivity index (χ0n) is 8.60. The van der Waals surface area contributed by atoms with E-state index in [1.165, 1.54) is 0 Å². The van der Waals surface area contributed by atoms with Crippen LogP contribution in [0.2, 0.25) is 0 Å². The highest BCUT2D eigenvalue weighted by Crippen LogP contribution is 2.05. The first-order valence-corrected chi connectivity index (χ1v) is 4.35.